The van der Waals surface area contributed by atoms with E-state index in [0.29, 0.717) is 6.42 Å². The lowest BCUT2D eigenvalue weighted by Gasteiger charge is -2.39. The monoisotopic (exact) mass is 261 g/mol. The molecule has 3 atom stereocenters. The van der Waals surface area contributed by atoms with Gasteiger partial charge in [0.15, 0.2) is 0 Å². The van der Waals surface area contributed by atoms with Crippen molar-refractivity contribution in [3.05, 3.63) is 35.9 Å². The van der Waals surface area contributed by atoms with Crippen LogP contribution in [0.15, 0.2) is 30.3 Å². The second kappa shape index (κ2) is 4.62. The number of aliphatic hydroxyl groups excluding tert-OH is 1. The number of hydrogen-bond donors (Lipinski definition) is 1. The van der Waals surface area contributed by atoms with Crippen molar-refractivity contribution >= 4 is 5.91 Å². The van der Waals surface area contributed by atoms with E-state index in [1.165, 1.54) is 0 Å². The van der Waals surface area contributed by atoms with Crippen LogP contribution in [0, 0.1) is 0 Å². The summed E-state index contributed by atoms with van der Waals surface area (Å²) < 4.78 is 6.16. The largest absolute Gasteiger partial charge is 0.394 e. The Morgan fingerprint density at radius 3 is 2.84 bits per heavy atom. The fourth-order valence-electron chi connectivity index (χ4n) is 3.32. The van der Waals surface area contributed by atoms with Gasteiger partial charge < -0.3 is 14.7 Å². The Morgan fingerprint density at radius 2 is 2.16 bits per heavy atom. The number of aliphatic hydroxyl groups is 1. The zero-order valence-electron chi connectivity index (χ0n) is 11.1. The molecule has 0 aromatic heterocycles. The summed E-state index contributed by atoms with van der Waals surface area (Å²) in [5.41, 5.74) is 0.452. The van der Waals surface area contributed by atoms with Crippen LogP contribution in [-0.4, -0.2) is 34.3 Å². The predicted octanol–water partition coefficient (Wildman–Crippen LogP) is 1.85. The molecular weight excluding hydrogens is 242 g/mol. The van der Waals surface area contributed by atoms with Crippen LogP contribution >= 0.6 is 0 Å². The molecule has 0 bridgehead atoms. The Bertz CT molecular complexity index is 476. The van der Waals surface area contributed by atoms with Gasteiger partial charge >= 0.3 is 0 Å². The normalized spacial score (nSPS) is 34.4. The van der Waals surface area contributed by atoms with Gasteiger partial charge in [-0.05, 0) is 25.3 Å². The quantitative estimate of drug-likeness (QED) is 0.884. The Kier molecular flexibility index (Phi) is 3.07. The standard InChI is InChI=1S/C15H19NO3/c1-15-9-5-8-13(18)16(15)12(10-17)14(19-15)11-6-3-2-4-7-11/h2-4,6-7,12,14,17H,5,8-10H2,1H3/t12-,14+,15+/m0/s1. The maximum absolute atomic E-state index is 12.2. The van der Waals surface area contributed by atoms with Gasteiger partial charge in [-0.2, -0.15) is 0 Å². The van der Waals surface area contributed by atoms with Crippen LogP contribution < -0.4 is 0 Å². The fraction of sp³-hybridized carbons (Fsp3) is 0.533. The first-order valence-electron chi connectivity index (χ1n) is 6.81. The molecule has 2 aliphatic heterocycles. The third-order valence-electron chi connectivity index (χ3n) is 4.19. The molecule has 4 heteroatoms. The molecule has 2 aliphatic rings. The van der Waals surface area contributed by atoms with Crippen LogP contribution in [-0.2, 0) is 9.53 Å². The predicted molar refractivity (Wildman–Crippen MR) is 70.2 cm³/mol. The second-order valence-electron chi connectivity index (χ2n) is 5.49. The zero-order chi connectivity index (χ0) is 13.5. The van der Waals surface area contributed by atoms with Crippen LogP contribution in [0.1, 0.15) is 37.9 Å². The average molecular weight is 261 g/mol. The van der Waals surface area contributed by atoms with Crippen molar-refractivity contribution in [1.29, 1.82) is 0 Å². The summed E-state index contributed by atoms with van der Waals surface area (Å²) >= 11 is 0. The Hall–Kier alpha value is -1.39. The number of piperidine rings is 1. The molecule has 1 amide bonds. The summed E-state index contributed by atoms with van der Waals surface area (Å²) in [5, 5.41) is 9.70. The first kappa shape index (κ1) is 12.6. The van der Waals surface area contributed by atoms with Gasteiger partial charge in [0.25, 0.3) is 0 Å². The molecule has 3 rings (SSSR count). The van der Waals surface area contributed by atoms with Crippen molar-refractivity contribution in [2.75, 3.05) is 6.61 Å². The van der Waals surface area contributed by atoms with E-state index in [1.807, 2.05) is 37.3 Å². The number of hydrogen-bond acceptors (Lipinski definition) is 3. The van der Waals surface area contributed by atoms with Gasteiger partial charge in [-0.25, -0.2) is 0 Å². The maximum Gasteiger partial charge on any atom is 0.225 e. The summed E-state index contributed by atoms with van der Waals surface area (Å²) in [6, 6.07) is 9.55. The number of carbonyl (C=O) groups excluding carboxylic acids is 1. The lowest BCUT2D eigenvalue weighted by molar-refractivity contribution is -0.159. The Morgan fingerprint density at radius 1 is 1.42 bits per heavy atom. The van der Waals surface area contributed by atoms with Gasteiger partial charge in [0.2, 0.25) is 5.91 Å². The van der Waals surface area contributed by atoms with Crippen molar-refractivity contribution in [1.82, 2.24) is 4.90 Å². The van der Waals surface area contributed by atoms with Crippen LogP contribution in [0.4, 0.5) is 0 Å². The van der Waals surface area contributed by atoms with Crippen molar-refractivity contribution < 1.29 is 14.6 Å². The van der Waals surface area contributed by atoms with Gasteiger partial charge in [0.1, 0.15) is 11.8 Å². The average Bonchev–Trinajstić information content (AvgIpc) is 2.74. The van der Waals surface area contributed by atoms with Crippen LogP contribution in [0.2, 0.25) is 0 Å². The topological polar surface area (TPSA) is 49.8 Å². The summed E-state index contributed by atoms with van der Waals surface area (Å²) in [7, 11) is 0. The maximum atomic E-state index is 12.2. The van der Waals surface area contributed by atoms with Gasteiger partial charge in [0.05, 0.1) is 12.6 Å². The van der Waals surface area contributed by atoms with Gasteiger partial charge in [-0.1, -0.05) is 30.3 Å². The number of nitrogens with zero attached hydrogens (tertiary/aromatic N) is 1. The van der Waals surface area contributed by atoms with E-state index in [0.717, 1.165) is 18.4 Å². The highest BCUT2D eigenvalue weighted by Gasteiger charge is 2.53. The number of amides is 1. The molecule has 19 heavy (non-hydrogen) atoms. The highest BCUT2D eigenvalue weighted by Crippen LogP contribution is 2.45. The fourth-order valence-corrected chi connectivity index (χ4v) is 3.32. The van der Waals surface area contributed by atoms with Gasteiger partial charge in [-0.3, -0.25) is 4.79 Å². The van der Waals surface area contributed by atoms with Crippen LogP contribution in [0.25, 0.3) is 0 Å². The van der Waals surface area contributed by atoms with E-state index in [2.05, 4.69) is 0 Å². The highest BCUT2D eigenvalue weighted by atomic mass is 16.5. The number of carbonyl (C=O) groups is 1. The van der Waals surface area contributed by atoms with Crippen molar-refractivity contribution in [3.8, 4) is 0 Å². The molecule has 1 N–H and O–H groups in total. The SMILES string of the molecule is C[C@@]12CCCC(=O)N1[C@@H](CO)[C@@H](c1ccccc1)O2. The summed E-state index contributed by atoms with van der Waals surface area (Å²) in [6.07, 6.45) is 2.00. The molecule has 2 saturated heterocycles. The minimum atomic E-state index is -0.566. The van der Waals surface area contributed by atoms with E-state index in [-0.39, 0.29) is 24.7 Å². The lowest BCUT2D eigenvalue weighted by Crippen LogP contribution is -2.53. The Balaban J connectivity index is 1.97. The second-order valence-corrected chi connectivity index (χ2v) is 5.49. The first-order valence-corrected chi connectivity index (χ1v) is 6.81. The van der Waals surface area contributed by atoms with E-state index in [4.69, 9.17) is 4.74 Å². The van der Waals surface area contributed by atoms with Crippen LogP contribution in [0.3, 0.4) is 0 Å². The third kappa shape index (κ3) is 1.95. The molecule has 1 aromatic carbocycles. The summed E-state index contributed by atoms with van der Waals surface area (Å²) in [4.78, 5) is 13.9. The number of rotatable bonds is 2. The molecule has 2 heterocycles. The lowest BCUT2D eigenvalue weighted by atomic mass is 9.97. The third-order valence-corrected chi connectivity index (χ3v) is 4.19. The minimum Gasteiger partial charge on any atom is -0.394 e. The first-order chi connectivity index (χ1) is 9.15. The van der Waals surface area contributed by atoms with Gasteiger partial charge in [0, 0.05) is 6.42 Å². The molecule has 0 unspecified atom stereocenters. The molecule has 2 fully saturated rings. The van der Waals surface area contributed by atoms with E-state index in [9.17, 15) is 9.90 Å². The summed E-state index contributed by atoms with van der Waals surface area (Å²) in [5.74, 6) is 0.0891. The van der Waals surface area contributed by atoms with E-state index < -0.39 is 5.72 Å². The Labute approximate surface area is 113 Å². The van der Waals surface area contributed by atoms with Crippen molar-refractivity contribution in [2.45, 2.75) is 44.1 Å². The van der Waals surface area contributed by atoms with Gasteiger partial charge in [-0.15, -0.1) is 0 Å². The molecule has 0 saturated carbocycles. The molecule has 0 radical (unpaired) electrons. The highest BCUT2D eigenvalue weighted by molar-refractivity contribution is 5.78. The molecule has 1 aromatic rings. The molecule has 0 aliphatic carbocycles. The van der Waals surface area contributed by atoms with E-state index >= 15 is 0 Å². The molecule has 0 spiro atoms. The number of benzene rings is 1. The summed E-state index contributed by atoms with van der Waals surface area (Å²) in [6.45, 7) is 1.89. The molecule has 4 nitrogen and oxygen atoms in total. The van der Waals surface area contributed by atoms with Crippen molar-refractivity contribution in [3.63, 3.8) is 0 Å². The van der Waals surface area contributed by atoms with Crippen LogP contribution in [0.5, 0.6) is 0 Å². The number of fused-ring (bicyclic) bond motifs is 1. The zero-order valence-corrected chi connectivity index (χ0v) is 11.1. The molecular formula is C15H19NO3. The molecule has 102 valence electrons. The van der Waals surface area contributed by atoms with Crippen molar-refractivity contribution in [2.24, 2.45) is 0 Å². The van der Waals surface area contributed by atoms with E-state index in [1.54, 1.807) is 4.90 Å². The smallest absolute Gasteiger partial charge is 0.225 e. The number of ether oxygens (including phenoxy) is 1. The minimum absolute atomic E-state index is 0.0686.